The van der Waals surface area contributed by atoms with Gasteiger partial charge in [-0.3, -0.25) is 9.59 Å². The van der Waals surface area contributed by atoms with Crippen LogP contribution in [0.4, 0.5) is 13.2 Å². The Bertz CT molecular complexity index is 1300. The molecule has 0 fully saturated rings. The molecule has 1 heterocycles. The highest BCUT2D eigenvalue weighted by Gasteiger charge is 2.30. The highest BCUT2D eigenvalue weighted by Crippen LogP contribution is 2.45. The minimum Gasteiger partial charge on any atom is -0.469 e. The molecule has 0 aliphatic heterocycles. The van der Waals surface area contributed by atoms with Gasteiger partial charge >= 0.3 is 12.1 Å². The minimum absolute atomic E-state index is 0.0416. The molecule has 1 unspecified atom stereocenters. The lowest BCUT2D eigenvalue weighted by molar-refractivity contribution is -0.140. The standard InChI is InChI=1S/C31H36F3NO3S2/c1-19-17-23(18-20(2)28(19)21-7-9-22(10-8-21)30(3,4)5)39-25(13-15-31(32,33)34)24-11-12-26(40-24)29(37)35-16-14-27(36)38-6/h7-12,17-18,25H,13-16H2,1-6H3,(H,35,37). The number of amides is 1. The van der Waals surface area contributed by atoms with Crippen LogP contribution in [0, 0.1) is 13.8 Å². The number of rotatable bonds is 10. The van der Waals surface area contributed by atoms with Gasteiger partial charge in [-0.1, -0.05) is 45.0 Å². The number of carbonyl (C=O) groups is 2. The van der Waals surface area contributed by atoms with Crippen LogP contribution in [-0.4, -0.2) is 31.7 Å². The van der Waals surface area contributed by atoms with Gasteiger partial charge in [0.05, 0.1) is 18.4 Å². The molecule has 3 rings (SSSR count). The summed E-state index contributed by atoms with van der Waals surface area (Å²) in [5, 5.41) is 2.18. The molecule has 0 radical (unpaired) electrons. The Hall–Kier alpha value is -2.78. The molecule has 0 spiro atoms. The number of thiophene rings is 1. The molecule has 216 valence electrons. The van der Waals surface area contributed by atoms with Gasteiger partial charge in [0.2, 0.25) is 0 Å². The van der Waals surface area contributed by atoms with Gasteiger partial charge < -0.3 is 10.1 Å². The van der Waals surface area contributed by atoms with Gasteiger partial charge in [-0.05, 0) is 77.8 Å². The third-order valence-corrected chi connectivity index (χ3v) is 9.15. The first-order valence-corrected chi connectivity index (χ1v) is 14.8. The molecule has 2 aromatic carbocycles. The van der Waals surface area contributed by atoms with Crippen molar-refractivity contribution >= 4 is 35.0 Å². The van der Waals surface area contributed by atoms with E-state index in [0.717, 1.165) is 27.1 Å². The van der Waals surface area contributed by atoms with Crippen molar-refractivity contribution in [3.8, 4) is 11.1 Å². The maximum Gasteiger partial charge on any atom is 0.389 e. The van der Waals surface area contributed by atoms with E-state index in [1.807, 2.05) is 26.0 Å². The third kappa shape index (κ3) is 8.86. The summed E-state index contributed by atoms with van der Waals surface area (Å²) in [6.45, 7) is 10.7. The monoisotopic (exact) mass is 591 g/mol. The number of hydrogen-bond acceptors (Lipinski definition) is 5. The molecule has 4 nitrogen and oxygen atoms in total. The topological polar surface area (TPSA) is 55.4 Å². The van der Waals surface area contributed by atoms with Gasteiger partial charge in [-0.15, -0.1) is 23.1 Å². The second kappa shape index (κ2) is 13.3. The summed E-state index contributed by atoms with van der Waals surface area (Å²) in [7, 11) is 1.27. The second-order valence-electron chi connectivity index (χ2n) is 10.8. The fourth-order valence-corrected chi connectivity index (χ4v) is 6.90. The average Bonchev–Trinajstić information content (AvgIpc) is 3.35. The summed E-state index contributed by atoms with van der Waals surface area (Å²) in [6.07, 6.45) is -5.26. The number of methoxy groups -OCH3 is 1. The van der Waals surface area contributed by atoms with Crippen LogP contribution in [0.25, 0.3) is 11.1 Å². The summed E-state index contributed by atoms with van der Waals surface area (Å²) < 4.78 is 44.2. The lowest BCUT2D eigenvalue weighted by Gasteiger charge is -2.21. The van der Waals surface area contributed by atoms with E-state index in [-0.39, 0.29) is 30.7 Å². The maximum atomic E-state index is 13.2. The largest absolute Gasteiger partial charge is 0.469 e. The Balaban J connectivity index is 1.82. The van der Waals surface area contributed by atoms with Crippen molar-refractivity contribution in [3.05, 3.63) is 75.0 Å². The van der Waals surface area contributed by atoms with Gasteiger partial charge in [0.25, 0.3) is 5.91 Å². The Morgan fingerprint density at radius 3 is 2.17 bits per heavy atom. The Kier molecular flexibility index (Phi) is 10.5. The number of aryl methyl sites for hydroxylation is 2. The van der Waals surface area contributed by atoms with Crippen molar-refractivity contribution in [1.82, 2.24) is 5.32 Å². The maximum absolute atomic E-state index is 13.2. The summed E-state index contributed by atoms with van der Waals surface area (Å²) in [5.74, 6) is -0.803. The highest BCUT2D eigenvalue weighted by molar-refractivity contribution is 7.99. The van der Waals surface area contributed by atoms with E-state index < -0.39 is 23.8 Å². The molecule has 0 saturated carbocycles. The number of ether oxygens (including phenoxy) is 1. The van der Waals surface area contributed by atoms with E-state index >= 15 is 0 Å². The van der Waals surface area contributed by atoms with Gasteiger partial charge in [-0.2, -0.15) is 13.2 Å². The Labute approximate surface area is 242 Å². The molecule has 1 aromatic heterocycles. The number of hydrogen-bond donors (Lipinski definition) is 1. The number of benzene rings is 2. The third-order valence-electron chi connectivity index (χ3n) is 6.52. The first kappa shape index (κ1) is 31.7. The van der Waals surface area contributed by atoms with Crippen LogP contribution in [-0.2, 0) is 14.9 Å². The number of esters is 1. The van der Waals surface area contributed by atoms with Crippen LogP contribution in [0.1, 0.15) is 76.5 Å². The van der Waals surface area contributed by atoms with Crippen LogP contribution >= 0.6 is 23.1 Å². The molecule has 1 amide bonds. The van der Waals surface area contributed by atoms with Crippen molar-refractivity contribution in [2.24, 2.45) is 0 Å². The fraction of sp³-hybridized carbons (Fsp3) is 0.419. The SMILES string of the molecule is COC(=O)CCNC(=O)c1ccc(C(CCC(F)(F)F)Sc2cc(C)c(-c3ccc(C(C)(C)C)cc3)c(C)c2)s1. The van der Waals surface area contributed by atoms with E-state index in [2.05, 4.69) is 55.1 Å². The zero-order chi connectivity index (χ0) is 29.7. The van der Waals surface area contributed by atoms with E-state index in [1.54, 1.807) is 12.1 Å². The summed E-state index contributed by atoms with van der Waals surface area (Å²) in [6, 6.07) is 15.9. The average molecular weight is 592 g/mol. The van der Waals surface area contributed by atoms with Crippen molar-refractivity contribution in [1.29, 1.82) is 0 Å². The molecule has 0 aliphatic carbocycles. The first-order chi connectivity index (χ1) is 18.7. The molecular formula is C31H36F3NO3S2. The number of thioether (sulfide) groups is 1. The van der Waals surface area contributed by atoms with Gasteiger partial charge in [0.1, 0.15) is 0 Å². The molecule has 9 heteroatoms. The van der Waals surface area contributed by atoms with Crippen molar-refractivity contribution in [3.63, 3.8) is 0 Å². The van der Waals surface area contributed by atoms with Crippen LogP contribution in [0.5, 0.6) is 0 Å². The molecule has 0 aliphatic rings. The zero-order valence-electron chi connectivity index (χ0n) is 23.7. The number of carbonyl (C=O) groups excluding carboxylic acids is 2. The number of alkyl halides is 3. The Morgan fingerprint density at radius 1 is 1.00 bits per heavy atom. The fourth-order valence-electron chi connectivity index (χ4n) is 4.42. The van der Waals surface area contributed by atoms with Gasteiger partial charge in [0, 0.05) is 28.0 Å². The van der Waals surface area contributed by atoms with Crippen molar-refractivity contribution in [2.45, 2.75) is 75.6 Å². The Morgan fingerprint density at radius 2 is 1.62 bits per heavy atom. The molecule has 40 heavy (non-hydrogen) atoms. The smallest absolute Gasteiger partial charge is 0.389 e. The van der Waals surface area contributed by atoms with Crippen LogP contribution in [0.3, 0.4) is 0 Å². The quantitative estimate of drug-likeness (QED) is 0.189. The lowest BCUT2D eigenvalue weighted by Crippen LogP contribution is -2.25. The summed E-state index contributed by atoms with van der Waals surface area (Å²) >= 11 is 2.57. The predicted octanol–water partition coefficient (Wildman–Crippen LogP) is 8.80. The van der Waals surface area contributed by atoms with Crippen molar-refractivity contribution < 1.29 is 27.5 Å². The number of nitrogens with one attached hydrogen (secondary N) is 1. The molecule has 3 aromatic rings. The molecule has 0 saturated heterocycles. The summed E-state index contributed by atoms with van der Waals surface area (Å²) in [4.78, 5) is 25.8. The second-order valence-corrected chi connectivity index (χ2v) is 13.2. The van der Waals surface area contributed by atoms with E-state index in [9.17, 15) is 22.8 Å². The highest BCUT2D eigenvalue weighted by atomic mass is 32.2. The first-order valence-electron chi connectivity index (χ1n) is 13.1. The zero-order valence-corrected chi connectivity index (χ0v) is 25.3. The lowest BCUT2D eigenvalue weighted by atomic mass is 9.85. The molecule has 1 atom stereocenters. The van der Waals surface area contributed by atoms with E-state index in [0.29, 0.717) is 9.75 Å². The van der Waals surface area contributed by atoms with Crippen molar-refractivity contribution in [2.75, 3.05) is 13.7 Å². The predicted molar refractivity (Wildman–Crippen MR) is 157 cm³/mol. The van der Waals surface area contributed by atoms with Crippen LogP contribution < -0.4 is 5.32 Å². The van der Waals surface area contributed by atoms with Crippen LogP contribution in [0.2, 0.25) is 0 Å². The van der Waals surface area contributed by atoms with Crippen LogP contribution in [0.15, 0.2) is 53.4 Å². The summed E-state index contributed by atoms with van der Waals surface area (Å²) in [5.41, 5.74) is 5.64. The number of halogens is 3. The normalized spacial score (nSPS) is 12.7. The van der Waals surface area contributed by atoms with Gasteiger partial charge in [0.15, 0.2) is 0 Å². The van der Waals surface area contributed by atoms with Gasteiger partial charge in [-0.25, -0.2) is 0 Å². The van der Waals surface area contributed by atoms with E-state index in [4.69, 9.17) is 0 Å². The van der Waals surface area contributed by atoms with E-state index in [1.165, 1.54) is 35.8 Å². The molecule has 1 N–H and O–H groups in total. The minimum atomic E-state index is -4.28. The molecule has 0 bridgehead atoms. The molecular weight excluding hydrogens is 555 g/mol.